The molecule has 1 aromatic heterocycles. The molecule has 2 aromatic carbocycles. The van der Waals surface area contributed by atoms with Crippen molar-refractivity contribution < 1.29 is 23.2 Å². The number of benzene rings is 2. The van der Waals surface area contributed by atoms with Crippen LogP contribution in [0.5, 0.6) is 0 Å². The number of anilines is 1. The third-order valence-electron chi connectivity index (χ3n) is 4.33. The SMILES string of the molecule is O=C(CN1C(=O)S/C(=C\c2ccc(-c3cccc(Br)c3)o2)C1=O)Nc1ccccc1F. The number of thioether (sulfide) groups is 1. The first kappa shape index (κ1) is 21.1. The van der Waals surface area contributed by atoms with Crippen LogP contribution in [0.25, 0.3) is 17.4 Å². The van der Waals surface area contributed by atoms with Gasteiger partial charge in [-0.1, -0.05) is 40.2 Å². The number of hydrogen-bond donors (Lipinski definition) is 1. The van der Waals surface area contributed by atoms with E-state index in [2.05, 4.69) is 21.2 Å². The van der Waals surface area contributed by atoms with Gasteiger partial charge in [0, 0.05) is 16.1 Å². The van der Waals surface area contributed by atoms with Crippen molar-refractivity contribution >= 4 is 56.5 Å². The van der Waals surface area contributed by atoms with Gasteiger partial charge in [-0.05, 0) is 48.2 Å². The molecule has 2 heterocycles. The van der Waals surface area contributed by atoms with Crippen LogP contribution in [0.3, 0.4) is 0 Å². The molecule has 3 amide bonds. The summed E-state index contributed by atoms with van der Waals surface area (Å²) in [6, 6.07) is 16.6. The quantitative estimate of drug-likeness (QED) is 0.466. The molecular formula is C22H14BrFN2O4S. The van der Waals surface area contributed by atoms with E-state index in [4.69, 9.17) is 4.42 Å². The number of amides is 3. The lowest BCUT2D eigenvalue weighted by Crippen LogP contribution is -2.36. The predicted molar refractivity (Wildman–Crippen MR) is 120 cm³/mol. The minimum atomic E-state index is -0.677. The Kier molecular flexibility index (Phi) is 6.06. The molecule has 6 nitrogen and oxygen atoms in total. The highest BCUT2D eigenvalue weighted by molar-refractivity contribution is 9.10. The standard InChI is InChI=1S/C22H14BrFN2O4S/c23-14-5-3-4-13(10-14)18-9-8-15(30-18)11-19-21(28)26(22(29)31-19)12-20(27)25-17-7-2-1-6-16(17)24/h1-11H,12H2,(H,25,27)/b19-11-. The maximum atomic E-state index is 13.7. The van der Waals surface area contributed by atoms with Crippen molar-refractivity contribution in [1.82, 2.24) is 4.90 Å². The van der Waals surface area contributed by atoms with Crippen molar-refractivity contribution in [2.75, 3.05) is 11.9 Å². The van der Waals surface area contributed by atoms with Crippen molar-refractivity contribution in [3.8, 4) is 11.3 Å². The molecule has 0 saturated carbocycles. The third-order valence-corrected chi connectivity index (χ3v) is 5.73. The van der Waals surface area contributed by atoms with E-state index in [9.17, 15) is 18.8 Å². The van der Waals surface area contributed by atoms with E-state index < -0.39 is 29.4 Å². The molecule has 1 fully saturated rings. The lowest BCUT2D eigenvalue weighted by atomic mass is 10.2. The Hall–Kier alpha value is -3.17. The first-order valence-corrected chi connectivity index (χ1v) is 10.7. The maximum Gasteiger partial charge on any atom is 0.294 e. The Bertz CT molecular complexity index is 1220. The molecule has 0 aliphatic carbocycles. The highest BCUT2D eigenvalue weighted by Gasteiger charge is 2.36. The number of furan rings is 1. The normalized spacial score (nSPS) is 15.0. The first-order chi connectivity index (χ1) is 14.9. The zero-order chi connectivity index (χ0) is 22.0. The van der Waals surface area contributed by atoms with Gasteiger partial charge in [-0.25, -0.2) is 4.39 Å². The molecule has 0 radical (unpaired) electrons. The number of rotatable bonds is 5. The van der Waals surface area contributed by atoms with Crippen molar-refractivity contribution in [1.29, 1.82) is 0 Å². The largest absolute Gasteiger partial charge is 0.457 e. The Morgan fingerprint density at radius 3 is 2.71 bits per heavy atom. The van der Waals surface area contributed by atoms with Gasteiger partial charge in [-0.15, -0.1) is 0 Å². The average Bonchev–Trinajstić information content (AvgIpc) is 3.30. The molecule has 0 spiro atoms. The van der Waals surface area contributed by atoms with E-state index in [0.717, 1.165) is 14.9 Å². The van der Waals surface area contributed by atoms with Gasteiger partial charge < -0.3 is 9.73 Å². The number of nitrogens with one attached hydrogen (secondary N) is 1. The van der Waals surface area contributed by atoms with Gasteiger partial charge in [0.25, 0.3) is 11.1 Å². The summed E-state index contributed by atoms with van der Waals surface area (Å²) >= 11 is 4.12. The number of nitrogens with zero attached hydrogens (tertiary/aromatic N) is 1. The molecule has 0 bridgehead atoms. The Morgan fingerprint density at radius 1 is 1.13 bits per heavy atom. The van der Waals surface area contributed by atoms with E-state index in [1.165, 1.54) is 24.3 Å². The summed E-state index contributed by atoms with van der Waals surface area (Å²) in [5.74, 6) is -0.890. The highest BCUT2D eigenvalue weighted by Crippen LogP contribution is 2.33. The summed E-state index contributed by atoms with van der Waals surface area (Å²) in [7, 11) is 0. The van der Waals surface area contributed by atoms with E-state index in [0.29, 0.717) is 23.3 Å². The van der Waals surface area contributed by atoms with Gasteiger partial charge in [0.2, 0.25) is 5.91 Å². The molecule has 1 aliphatic rings. The van der Waals surface area contributed by atoms with E-state index >= 15 is 0 Å². The van der Waals surface area contributed by atoms with Crippen LogP contribution >= 0.6 is 27.7 Å². The van der Waals surface area contributed by atoms with Crippen molar-refractivity contribution in [3.63, 3.8) is 0 Å². The van der Waals surface area contributed by atoms with E-state index in [-0.39, 0.29) is 10.6 Å². The fourth-order valence-corrected chi connectivity index (χ4v) is 4.11. The zero-order valence-corrected chi connectivity index (χ0v) is 18.2. The molecule has 3 aromatic rings. The number of para-hydroxylation sites is 1. The number of hydrogen-bond acceptors (Lipinski definition) is 5. The minimum Gasteiger partial charge on any atom is -0.457 e. The Balaban J connectivity index is 1.46. The summed E-state index contributed by atoms with van der Waals surface area (Å²) in [6.07, 6.45) is 1.46. The van der Waals surface area contributed by atoms with Crippen LogP contribution in [-0.4, -0.2) is 28.5 Å². The molecular weight excluding hydrogens is 487 g/mol. The lowest BCUT2D eigenvalue weighted by molar-refractivity contribution is -0.127. The summed E-state index contributed by atoms with van der Waals surface area (Å²) in [4.78, 5) is 38.0. The molecule has 1 saturated heterocycles. The second kappa shape index (κ2) is 8.91. The van der Waals surface area contributed by atoms with Crippen LogP contribution in [0.15, 0.2) is 74.5 Å². The van der Waals surface area contributed by atoms with Gasteiger partial charge in [0.1, 0.15) is 23.9 Å². The van der Waals surface area contributed by atoms with Crippen LogP contribution in [0.2, 0.25) is 0 Å². The van der Waals surface area contributed by atoms with E-state index in [1.807, 2.05) is 24.3 Å². The molecule has 4 rings (SSSR count). The smallest absolute Gasteiger partial charge is 0.294 e. The number of halogens is 2. The number of carbonyl (C=O) groups excluding carboxylic acids is 3. The highest BCUT2D eigenvalue weighted by atomic mass is 79.9. The maximum absolute atomic E-state index is 13.7. The lowest BCUT2D eigenvalue weighted by Gasteiger charge is -2.12. The van der Waals surface area contributed by atoms with Crippen LogP contribution in [0, 0.1) is 5.82 Å². The van der Waals surface area contributed by atoms with Crippen molar-refractivity contribution in [3.05, 3.63) is 81.6 Å². The van der Waals surface area contributed by atoms with Crippen molar-refractivity contribution in [2.45, 2.75) is 0 Å². The first-order valence-electron chi connectivity index (χ1n) is 9.06. The van der Waals surface area contributed by atoms with Crippen LogP contribution in [0.4, 0.5) is 14.9 Å². The molecule has 1 N–H and O–H groups in total. The zero-order valence-electron chi connectivity index (χ0n) is 15.8. The van der Waals surface area contributed by atoms with Gasteiger partial charge in [0.05, 0.1) is 10.6 Å². The molecule has 0 unspecified atom stereocenters. The Labute approximate surface area is 189 Å². The second-order valence-electron chi connectivity index (χ2n) is 6.51. The topological polar surface area (TPSA) is 79.6 Å². The predicted octanol–water partition coefficient (Wildman–Crippen LogP) is 5.52. The number of carbonyl (C=O) groups is 3. The second-order valence-corrected chi connectivity index (χ2v) is 8.42. The van der Waals surface area contributed by atoms with Gasteiger partial charge in [0.15, 0.2) is 0 Å². The van der Waals surface area contributed by atoms with Crippen molar-refractivity contribution in [2.24, 2.45) is 0 Å². The average molecular weight is 501 g/mol. The monoisotopic (exact) mass is 500 g/mol. The molecule has 0 atom stereocenters. The fourth-order valence-electron chi connectivity index (χ4n) is 2.89. The minimum absolute atomic E-state index is 0.0225. The molecule has 9 heteroatoms. The van der Waals surface area contributed by atoms with Crippen LogP contribution in [0.1, 0.15) is 5.76 Å². The number of imide groups is 1. The third kappa shape index (κ3) is 4.78. The molecule has 31 heavy (non-hydrogen) atoms. The summed E-state index contributed by atoms with van der Waals surface area (Å²) < 4.78 is 20.3. The summed E-state index contributed by atoms with van der Waals surface area (Å²) in [5, 5.41) is 1.77. The molecule has 156 valence electrons. The van der Waals surface area contributed by atoms with Gasteiger partial charge in [-0.2, -0.15) is 0 Å². The summed E-state index contributed by atoms with van der Waals surface area (Å²) in [5.41, 5.74) is 0.831. The fraction of sp³-hybridized carbons (Fsp3) is 0.0455. The van der Waals surface area contributed by atoms with Gasteiger partial charge in [-0.3, -0.25) is 19.3 Å². The van der Waals surface area contributed by atoms with Crippen LogP contribution in [-0.2, 0) is 9.59 Å². The Morgan fingerprint density at radius 2 is 1.94 bits per heavy atom. The van der Waals surface area contributed by atoms with Gasteiger partial charge >= 0.3 is 0 Å². The summed E-state index contributed by atoms with van der Waals surface area (Å²) in [6.45, 7) is -0.516. The molecule has 1 aliphatic heterocycles. The van der Waals surface area contributed by atoms with E-state index in [1.54, 1.807) is 18.2 Å². The van der Waals surface area contributed by atoms with Crippen LogP contribution < -0.4 is 5.32 Å².